The summed E-state index contributed by atoms with van der Waals surface area (Å²) in [7, 11) is 0. The highest BCUT2D eigenvalue weighted by Gasteiger charge is 2.24. The van der Waals surface area contributed by atoms with Crippen molar-refractivity contribution in [3.05, 3.63) is 0 Å². The van der Waals surface area contributed by atoms with E-state index in [1.807, 2.05) is 6.92 Å². The second kappa shape index (κ2) is 5.28. The smallest absolute Gasteiger partial charge is 0.0823 e. The molecule has 1 rings (SSSR count). The fourth-order valence-corrected chi connectivity index (χ4v) is 1.67. The zero-order chi connectivity index (χ0) is 8.43. The van der Waals surface area contributed by atoms with E-state index in [1.54, 1.807) is 0 Å². The van der Waals surface area contributed by atoms with Crippen molar-refractivity contribution in [1.82, 2.24) is 4.90 Å². The van der Waals surface area contributed by atoms with Gasteiger partial charge in [0.05, 0.1) is 17.7 Å². The van der Waals surface area contributed by atoms with E-state index in [0.29, 0.717) is 12.2 Å². The number of morpholine rings is 1. The van der Waals surface area contributed by atoms with Crippen LogP contribution in [0.3, 0.4) is 0 Å². The highest BCUT2D eigenvalue weighted by Crippen LogP contribution is 2.14. The standard InChI is InChI=1S/C8H16ClNO.ClH/c1-6-4-10(8(3)9)5-7(2)11-6;/h6-8H,4-5H2,1-3H3;1H. The molecule has 1 fully saturated rings. The Hall–Kier alpha value is 0.500. The SMILES string of the molecule is CC1CN(C(C)Cl)CC(C)O1.Cl. The van der Waals surface area contributed by atoms with Gasteiger partial charge in [-0.2, -0.15) is 0 Å². The maximum absolute atomic E-state index is 5.96. The molecule has 12 heavy (non-hydrogen) atoms. The van der Waals surface area contributed by atoms with Crippen LogP contribution in [0.25, 0.3) is 0 Å². The van der Waals surface area contributed by atoms with Gasteiger partial charge < -0.3 is 4.74 Å². The molecule has 2 nitrogen and oxygen atoms in total. The fourth-order valence-electron chi connectivity index (χ4n) is 1.51. The van der Waals surface area contributed by atoms with E-state index in [1.165, 1.54) is 0 Å². The summed E-state index contributed by atoms with van der Waals surface area (Å²) in [4.78, 5) is 2.24. The van der Waals surface area contributed by atoms with Gasteiger partial charge in [-0.3, -0.25) is 4.90 Å². The Bertz CT molecular complexity index is 122. The first-order valence-electron chi connectivity index (χ1n) is 4.13. The molecule has 0 aromatic heterocycles. The molecule has 3 atom stereocenters. The van der Waals surface area contributed by atoms with Gasteiger partial charge in [-0.25, -0.2) is 0 Å². The third kappa shape index (κ3) is 3.48. The third-order valence-electron chi connectivity index (χ3n) is 1.95. The molecule has 0 aliphatic carbocycles. The number of halogens is 2. The van der Waals surface area contributed by atoms with E-state index in [2.05, 4.69) is 18.7 Å². The molecule has 74 valence electrons. The van der Waals surface area contributed by atoms with Crippen LogP contribution >= 0.6 is 24.0 Å². The molecule has 3 unspecified atom stereocenters. The van der Waals surface area contributed by atoms with Crippen LogP contribution in [0.4, 0.5) is 0 Å². The molecule has 1 saturated heterocycles. The lowest BCUT2D eigenvalue weighted by Gasteiger charge is -2.36. The topological polar surface area (TPSA) is 12.5 Å². The largest absolute Gasteiger partial charge is 0.373 e. The van der Waals surface area contributed by atoms with Crippen LogP contribution < -0.4 is 0 Å². The quantitative estimate of drug-likeness (QED) is 0.489. The molecule has 1 aliphatic heterocycles. The van der Waals surface area contributed by atoms with Gasteiger partial charge in [-0.05, 0) is 20.8 Å². The van der Waals surface area contributed by atoms with E-state index in [4.69, 9.17) is 16.3 Å². The fraction of sp³-hybridized carbons (Fsp3) is 1.00. The molecule has 1 heterocycles. The van der Waals surface area contributed by atoms with Crippen molar-refractivity contribution in [3.63, 3.8) is 0 Å². The Morgan fingerprint density at radius 2 is 1.75 bits per heavy atom. The van der Waals surface area contributed by atoms with Crippen LogP contribution in [0.5, 0.6) is 0 Å². The highest BCUT2D eigenvalue weighted by molar-refractivity contribution is 6.20. The van der Waals surface area contributed by atoms with Gasteiger partial charge in [0.1, 0.15) is 0 Å². The molecule has 0 spiro atoms. The number of rotatable bonds is 1. The van der Waals surface area contributed by atoms with Gasteiger partial charge in [-0.15, -0.1) is 24.0 Å². The lowest BCUT2D eigenvalue weighted by molar-refractivity contribution is -0.0704. The molecule has 0 saturated carbocycles. The molecule has 4 heteroatoms. The van der Waals surface area contributed by atoms with Crippen molar-refractivity contribution < 1.29 is 4.74 Å². The highest BCUT2D eigenvalue weighted by atomic mass is 35.5. The molecule has 0 bridgehead atoms. The predicted molar refractivity (Wildman–Crippen MR) is 54.1 cm³/mol. The predicted octanol–water partition coefficient (Wildman–Crippen LogP) is 2.10. The summed E-state index contributed by atoms with van der Waals surface area (Å²) in [5.41, 5.74) is 0.129. The molecular formula is C8H17Cl2NO. The Labute approximate surface area is 85.6 Å². The molecule has 1 aliphatic rings. The number of ether oxygens (including phenoxy) is 1. The van der Waals surface area contributed by atoms with Crippen LogP contribution in [-0.4, -0.2) is 35.7 Å². The molecule has 0 radical (unpaired) electrons. The lowest BCUT2D eigenvalue weighted by atomic mass is 10.2. The minimum Gasteiger partial charge on any atom is -0.373 e. The Kier molecular flexibility index (Phi) is 5.50. The first kappa shape index (κ1) is 12.5. The lowest BCUT2D eigenvalue weighted by Crippen LogP contribution is -2.47. The van der Waals surface area contributed by atoms with Crippen molar-refractivity contribution in [3.8, 4) is 0 Å². The average molecular weight is 214 g/mol. The van der Waals surface area contributed by atoms with Crippen molar-refractivity contribution in [2.24, 2.45) is 0 Å². The zero-order valence-corrected chi connectivity index (χ0v) is 9.36. The van der Waals surface area contributed by atoms with Crippen LogP contribution in [-0.2, 0) is 4.74 Å². The minimum absolute atomic E-state index is 0. The van der Waals surface area contributed by atoms with Gasteiger partial charge in [0.15, 0.2) is 0 Å². The summed E-state index contributed by atoms with van der Waals surface area (Å²) < 4.78 is 5.57. The van der Waals surface area contributed by atoms with E-state index < -0.39 is 0 Å². The van der Waals surface area contributed by atoms with Crippen molar-refractivity contribution in [2.75, 3.05) is 13.1 Å². The third-order valence-corrected chi connectivity index (χ3v) is 2.23. The van der Waals surface area contributed by atoms with Gasteiger partial charge >= 0.3 is 0 Å². The van der Waals surface area contributed by atoms with Crippen LogP contribution in [0.1, 0.15) is 20.8 Å². The number of hydrogen-bond donors (Lipinski definition) is 0. The zero-order valence-electron chi connectivity index (χ0n) is 7.79. The molecule has 0 aromatic carbocycles. The summed E-state index contributed by atoms with van der Waals surface area (Å²) >= 11 is 5.96. The maximum atomic E-state index is 5.96. The number of nitrogens with zero attached hydrogens (tertiary/aromatic N) is 1. The second-order valence-electron chi connectivity index (χ2n) is 3.29. The van der Waals surface area contributed by atoms with Crippen molar-refractivity contribution in [1.29, 1.82) is 0 Å². The summed E-state index contributed by atoms with van der Waals surface area (Å²) in [5, 5.41) is 0. The van der Waals surface area contributed by atoms with E-state index >= 15 is 0 Å². The van der Waals surface area contributed by atoms with Crippen LogP contribution in [0.15, 0.2) is 0 Å². The molecule has 0 aromatic rings. The van der Waals surface area contributed by atoms with E-state index in [0.717, 1.165) is 13.1 Å². The number of alkyl halides is 1. The average Bonchev–Trinajstić information content (AvgIpc) is 1.85. The summed E-state index contributed by atoms with van der Waals surface area (Å²) in [5.74, 6) is 0. The van der Waals surface area contributed by atoms with E-state index in [9.17, 15) is 0 Å². The van der Waals surface area contributed by atoms with Crippen molar-refractivity contribution >= 4 is 24.0 Å². The molecular weight excluding hydrogens is 197 g/mol. The second-order valence-corrected chi connectivity index (χ2v) is 3.92. The number of hydrogen-bond acceptors (Lipinski definition) is 2. The first-order chi connectivity index (χ1) is 5.09. The Morgan fingerprint density at radius 1 is 1.33 bits per heavy atom. The molecule has 0 N–H and O–H groups in total. The Balaban J connectivity index is 0.00000121. The normalized spacial score (nSPS) is 34.0. The van der Waals surface area contributed by atoms with Gasteiger partial charge in [0, 0.05) is 13.1 Å². The maximum Gasteiger partial charge on any atom is 0.0823 e. The van der Waals surface area contributed by atoms with Gasteiger partial charge in [0.2, 0.25) is 0 Å². The summed E-state index contributed by atoms with van der Waals surface area (Å²) in [6.07, 6.45) is 0.639. The summed E-state index contributed by atoms with van der Waals surface area (Å²) in [6.45, 7) is 8.08. The van der Waals surface area contributed by atoms with Gasteiger partial charge in [0.25, 0.3) is 0 Å². The first-order valence-corrected chi connectivity index (χ1v) is 4.57. The molecule has 0 amide bonds. The Morgan fingerprint density at radius 3 is 2.08 bits per heavy atom. The summed E-state index contributed by atoms with van der Waals surface area (Å²) in [6, 6.07) is 0. The monoisotopic (exact) mass is 213 g/mol. The minimum atomic E-state index is 0. The van der Waals surface area contributed by atoms with Crippen LogP contribution in [0.2, 0.25) is 0 Å². The van der Waals surface area contributed by atoms with Gasteiger partial charge in [-0.1, -0.05) is 0 Å². The van der Waals surface area contributed by atoms with Crippen molar-refractivity contribution in [2.45, 2.75) is 38.5 Å². The van der Waals surface area contributed by atoms with Crippen LogP contribution in [0, 0.1) is 0 Å². The van der Waals surface area contributed by atoms with E-state index in [-0.39, 0.29) is 17.9 Å².